The fourth-order valence-corrected chi connectivity index (χ4v) is 2.62. The van der Waals surface area contributed by atoms with Crippen molar-refractivity contribution < 1.29 is 13.2 Å². The van der Waals surface area contributed by atoms with E-state index in [9.17, 15) is 8.42 Å². The summed E-state index contributed by atoms with van der Waals surface area (Å²) in [5.74, 6) is 0.801. The minimum absolute atomic E-state index is 0. The summed E-state index contributed by atoms with van der Waals surface area (Å²) in [7, 11) is -1.03. The highest BCUT2D eigenvalue weighted by Crippen LogP contribution is 2.12. The summed E-state index contributed by atoms with van der Waals surface area (Å²) in [5.41, 5.74) is 1.10. The van der Waals surface area contributed by atoms with Crippen molar-refractivity contribution in [3.63, 3.8) is 0 Å². The maximum absolute atomic E-state index is 11.0. The first-order valence-corrected chi connectivity index (χ1v) is 10.2. The molecule has 0 aliphatic heterocycles. The van der Waals surface area contributed by atoms with Gasteiger partial charge in [0, 0.05) is 31.4 Å². The van der Waals surface area contributed by atoms with Gasteiger partial charge in [-0.05, 0) is 24.6 Å². The molecule has 0 heterocycles. The molecule has 0 atom stereocenters. The van der Waals surface area contributed by atoms with Crippen molar-refractivity contribution in [2.45, 2.75) is 13.5 Å². The molecule has 0 unspecified atom stereocenters. The van der Waals surface area contributed by atoms with E-state index in [1.54, 1.807) is 0 Å². The van der Waals surface area contributed by atoms with Crippen molar-refractivity contribution in [3.8, 4) is 0 Å². The SMILES string of the molecule is CCNC(=NCCOCCS(C)(=O)=O)N(C)Cc1cccc(Cl)c1.I. The highest BCUT2D eigenvalue weighted by molar-refractivity contribution is 14.0. The molecule has 25 heavy (non-hydrogen) atoms. The predicted octanol–water partition coefficient (Wildman–Crippen LogP) is 2.42. The van der Waals surface area contributed by atoms with E-state index >= 15 is 0 Å². The lowest BCUT2D eigenvalue weighted by Crippen LogP contribution is -2.38. The summed E-state index contributed by atoms with van der Waals surface area (Å²) in [6, 6.07) is 7.71. The zero-order valence-corrected chi connectivity index (χ0v) is 18.8. The zero-order valence-electron chi connectivity index (χ0n) is 14.9. The molecular weight excluding hydrogens is 477 g/mol. The highest BCUT2D eigenvalue weighted by atomic mass is 127. The first-order chi connectivity index (χ1) is 11.3. The Morgan fingerprint density at radius 3 is 2.68 bits per heavy atom. The Labute approximate surface area is 172 Å². The standard InChI is InChI=1S/C16H26ClN3O3S.HI/c1-4-18-16(19-8-9-23-10-11-24(3,21)22)20(2)13-14-6-5-7-15(17)12-14;/h5-7,12H,4,8-11,13H2,1-3H3,(H,18,19);1H. The van der Waals surface area contributed by atoms with Crippen LogP contribution < -0.4 is 5.32 Å². The summed E-state index contributed by atoms with van der Waals surface area (Å²) in [6.45, 7) is 4.49. The fraction of sp³-hybridized carbons (Fsp3) is 0.562. The number of hydrogen-bond donors (Lipinski definition) is 1. The van der Waals surface area contributed by atoms with Gasteiger partial charge < -0.3 is 15.0 Å². The molecule has 1 N–H and O–H groups in total. The minimum atomic E-state index is -2.98. The number of nitrogens with one attached hydrogen (secondary N) is 1. The third-order valence-electron chi connectivity index (χ3n) is 3.10. The van der Waals surface area contributed by atoms with Gasteiger partial charge >= 0.3 is 0 Å². The van der Waals surface area contributed by atoms with Gasteiger partial charge in [-0.1, -0.05) is 23.7 Å². The van der Waals surface area contributed by atoms with Gasteiger partial charge in [-0.2, -0.15) is 0 Å². The number of sulfone groups is 1. The van der Waals surface area contributed by atoms with E-state index in [1.165, 1.54) is 6.26 Å². The fourth-order valence-electron chi connectivity index (χ4n) is 1.98. The molecule has 0 amide bonds. The number of rotatable bonds is 9. The Morgan fingerprint density at radius 1 is 1.36 bits per heavy atom. The van der Waals surface area contributed by atoms with Gasteiger partial charge in [0.25, 0.3) is 0 Å². The van der Waals surface area contributed by atoms with Crippen molar-refractivity contribution in [2.75, 3.05) is 45.4 Å². The van der Waals surface area contributed by atoms with Crippen molar-refractivity contribution in [1.82, 2.24) is 10.2 Å². The van der Waals surface area contributed by atoms with Gasteiger partial charge in [0.05, 0.1) is 25.5 Å². The van der Waals surface area contributed by atoms with Gasteiger partial charge in [-0.3, -0.25) is 4.99 Å². The molecular formula is C16H27ClIN3O3S. The van der Waals surface area contributed by atoms with Crippen LogP contribution in [0.15, 0.2) is 29.3 Å². The van der Waals surface area contributed by atoms with Gasteiger partial charge in [0.2, 0.25) is 0 Å². The molecule has 0 aromatic heterocycles. The average molecular weight is 504 g/mol. The second-order valence-electron chi connectivity index (χ2n) is 5.46. The van der Waals surface area contributed by atoms with E-state index < -0.39 is 9.84 Å². The second kappa shape index (κ2) is 12.7. The molecule has 6 nitrogen and oxygen atoms in total. The Morgan fingerprint density at radius 2 is 2.08 bits per heavy atom. The van der Waals surface area contributed by atoms with E-state index in [0.29, 0.717) is 24.7 Å². The van der Waals surface area contributed by atoms with E-state index in [1.807, 2.05) is 43.1 Å². The lowest BCUT2D eigenvalue weighted by Gasteiger charge is -2.22. The second-order valence-corrected chi connectivity index (χ2v) is 8.16. The molecule has 9 heteroatoms. The number of aliphatic imine (C=N–C) groups is 1. The average Bonchev–Trinajstić information content (AvgIpc) is 2.48. The number of guanidine groups is 1. The Kier molecular flexibility index (Phi) is 12.4. The summed E-state index contributed by atoms with van der Waals surface area (Å²) in [4.78, 5) is 6.50. The van der Waals surface area contributed by atoms with Gasteiger partial charge in [0.15, 0.2) is 5.96 Å². The minimum Gasteiger partial charge on any atom is -0.378 e. The topological polar surface area (TPSA) is 71.0 Å². The maximum Gasteiger partial charge on any atom is 0.194 e. The van der Waals surface area contributed by atoms with Crippen LogP contribution in [0.1, 0.15) is 12.5 Å². The first-order valence-electron chi connectivity index (χ1n) is 7.81. The van der Waals surface area contributed by atoms with Crippen molar-refractivity contribution in [2.24, 2.45) is 4.99 Å². The lowest BCUT2D eigenvalue weighted by atomic mass is 10.2. The first kappa shape index (κ1) is 24.4. The normalized spacial score (nSPS) is 11.8. The van der Waals surface area contributed by atoms with Crippen molar-refractivity contribution >= 4 is 51.4 Å². The molecule has 0 fully saturated rings. The number of nitrogens with zero attached hydrogens (tertiary/aromatic N) is 2. The molecule has 0 saturated carbocycles. The van der Waals surface area contributed by atoms with Crippen molar-refractivity contribution in [1.29, 1.82) is 0 Å². The van der Waals surface area contributed by atoms with Crippen LogP contribution in [0, 0.1) is 0 Å². The number of hydrogen-bond acceptors (Lipinski definition) is 4. The zero-order chi connectivity index (χ0) is 18.0. The largest absolute Gasteiger partial charge is 0.378 e. The van der Waals surface area contributed by atoms with Crippen LogP contribution in [0.3, 0.4) is 0 Å². The molecule has 0 aliphatic rings. The monoisotopic (exact) mass is 503 g/mol. The summed E-state index contributed by atoms with van der Waals surface area (Å²) >= 11 is 6.01. The van der Waals surface area contributed by atoms with E-state index in [4.69, 9.17) is 16.3 Å². The molecule has 0 bridgehead atoms. The lowest BCUT2D eigenvalue weighted by molar-refractivity contribution is 0.157. The number of ether oxygens (including phenoxy) is 1. The van der Waals surface area contributed by atoms with E-state index in [-0.39, 0.29) is 36.3 Å². The van der Waals surface area contributed by atoms with Gasteiger partial charge in [-0.25, -0.2) is 8.42 Å². The summed E-state index contributed by atoms with van der Waals surface area (Å²) in [5, 5.41) is 3.93. The molecule has 1 aromatic carbocycles. The quantitative estimate of drug-likeness (QED) is 0.243. The molecule has 0 radical (unpaired) electrons. The predicted molar refractivity (Wildman–Crippen MR) is 115 cm³/mol. The Hall–Kier alpha value is -0.580. The van der Waals surface area contributed by atoms with E-state index in [0.717, 1.165) is 18.1 Å². The van der Waals surface area contributed by atoms with Crippen LogP contribution in [0.2, 0.25) is 5.02 Å². The van der Waals surface area contributed by atoms with Crippen LogP contribution in [-0.4, -0.2) is 64.6 Å². The molecule has 1 aromatic rings. The number of benzene rings is 1. The third kappa shape index (κ3) is 11.6. The highest BCUT2D eigenvalue weighted by Gasteiger charge is 2.07. The summed E-state index contributed by atoms with van der Waals surface area (Å²) < 4.78 is 27.3. The smallest absolute Gasteiger partial charge is 0.194 e. The molecule has 1 rings (SSSR count). The van der Waals surface area contributed by atoms with Crippen molar-refractivity contribution in [3.05, 3.63) is 34.9 Å². The maximum atomic E-state index is 11.0. The Balaban J connectivity index is 0.00000576. The Bertz CT molecular complexity index is 641. The van der Waals surface area contributed by atoms with Crippen LogP contribution in [0.25, 0.3) is 0 Å². The van der Waals surface area contributed by atoms with Crippen LogP contribution in [-0.2, 0) is 21.1 Å². The molecule has 0 aliphatic carbocycles. The third-order valence-corrected chi connectivity index (χ3v) is 4.24. The van der Waals surface area contributed by atoms with Crippen LogP contribution >= 0.6 is 35.6 Å². The molecule has 144 valence electrons. The molecule has 0 saturated heterocycles. The van der Waals surface area contributed by atoms with Gasteiger partial charge in [0.1, 0.15) is 9.84 Å². The summed E-state index contributed by atoms with van der Waals surface area (Å²) in [6.07, 6.45) is 1.20. The number of halogens is 2. The van der Waals surface area contributed by atoms with Crippen LogP contribution in [0.5, 0.6) is 0 Å². The van der Waals surface area contributed by atoms with E-state index in [2.05, 4.69) is 10.3 Å². The van der Waals surface area contributed by atoms with Gasteiger partial charge in [-0.15, -0.1) is 24.0 Å². The molecule has 0 spiro atoms. The van der Waals surface area contributed by atoms with Crippen LogP contribution in [0.4, 0.5) is 0 Å².